The van der Waals surface area contributed by atoms with E-state index < -0.39 is 9.05 Å². The lowest BCUT2D eigenvalue weighted by molar-refractivity contribution is 0.356. The molecule has 0 atom stereocenters. The largest absolute Gasteiger partial charge is 0.493 e. The minimum atomic E-state index is -3.65. The zero-order valence-electron chi connectivity index (χ0n) is 6.96. The number of ether oxygens (including phenoxy) is 1. The lowest BCUT2D eigenvalue weighted by Gasteiger charge is -2.03. The first kappa shape index (κ1) is 10.5. The minimum absolute atomic E-state index is 0.170. The first-order chi connectivity index (χ1) is 6.48. The van der Waals surface area contributed by atoms with Crippen molar-refractivity contribution in [2.24, 2.45) is 0 Å². The van der Waals surface area contributed by atoms with Crippen molar-refractivity contribution in [3.8, 4) is 5.75 Å². The van der Waals surface area contributed by atoms with Crippen molar-refractivity contribution in [1.29, 1.82) is 0 Å². The van der Waals surface area contributed by atoms with E-state index >= 15 is 0 Å². The molecule has 0 radical (unpaired) electrons. The number of halogens is 2. The van der Waals surface area contributed by atoms with E-state index in [2.05, 4.69) is 0 Å². The molecule has 1 aliphatic heterocycles. The van der Waals surface area contributed by atoms with Gasteiger partial charge in [0.2, 0.25) is 0 Å². The van der Waals surface area contributed by atoms with Crippen LogP contribution in [0.5, 0.6) is 5.75 Å². The van der Waals surface area contributed by atoms with E-state index in [-0.39, 0.29) is 4.90 Å². The topological polar surface area (TPSA) is 43.4 Å². The van der Waals surface area contributed by atoms with E-state index in [1.54, 1.807) is 12.1 Å². The molecule has 0 aliphatic carbocycles. The standard InChI is InChI=1S/C8H6ClIO3S/c9-14(11,12)8-3-5-1-2-13-7(5)4-6(8)10/h3-4H,1-2H2. The molecular weight excluding hydrogens is 339 g/mol. The smallest absolute Gasteiger partial charge is 0.262 e. The Morgan fingerprint density at radius 1 is 1.43 bits per heavy atom. The van der Waals surface area contributed by atoms with Crippen LogP contribution in [0.1, 0.15) is 5.56 Å². The van der Waals surface area contributed by atoms with Gasteiger partial charge in [-0.15, -0.1) is 0 Å². The first-order valence-corrected chi connectivity index (χ1v) is 7.27. The predicted octanol–water partition coefficient (Wildman–Crippen LogP) is 2.15. The van der Waals surface area contributed by atoms with Crippen LogP contribution in [0.25, 0.3) is 0 Å². The first-order valence-electron chi connectivity index (χ1n) is 3.88. The normalized spacial score (nSPS) is 15.0. The zero-order chi connectivity index (χ0) is 10.3. The van der Waals surface area contributed by atoms with Gasteiger partial charge in [-0.25, -0.2) is 8.42 Å². The fraction of sp³-hybridized carbons (Fsp3) is 0.250. The van der Waals surface area contributed by atoms with Crippen molar-refractivity contribution >= 4 is 42.3 Å². The van der Waals surface area contributed by atoms with Gasteiger partial charge in [-0.05, 0) is 40.3 Å². The summed E-state index contributed by atoms with van der Waals surface area (Å²) in [5.74, 6) is 0.762. The Hall–Kier alpha value is -0.0100. The molecule has 3 nitrogen and oxygen atoms in total. The summed E-state index contributed by atoms with van der Waals surface area (Å²) in [5.41, 5.74) is 0.907. The number of benzene rings is 1. The minimum Gasteiger partial charge on any atom is -0.493 e. The van der Waals surface area contributed by atoms with E-state index in [4.69, 9.17) is 15.4 Å². The highest BCUT2D eigenvalue weighted by molar-refractivity contribution is 14.1. The van der Waals surface area contributed by atoms with Crippen LogP contribution in [0.15, 0.2) is 17.0 Å². The van der Waals surface area contributed by atoms with Gasteiger partial charge in [-0.2, -0.15) is 0 Å². The summed E-state index contributed by atoms with van der Waals surface area (Å²) in [6.45, 7) is 0.608. The quantitative estimate of drug-likeness (QED) is 0.579. The maximum Gasteiger partial charge on any atom is 0.262 e. The Morgan fingerprint density at radius 2 is 2.14 bits per heavy atom. The number of hydrogen-bond acceptors (Lipinski definition) is 3. The van der Waals surface area contributed by atoms with Gasteiger partial charge in [0.05, 0.1) is 11.5 Å². The highest BCUT2D eigenvalue weighted by atomic mass is 127. The van der Waals surface area contributed by atoms with E-state index in [1.165, 1.54) is 0 Å². The van der Waals surface area contributed by atoms with E-state index in [0.717, 1.165) is 17.7 Å². The fourth-order valence-electron chi connectivity index (χ4n) is 1.36. The second-order valence-electron chi connectivity index (χ2n) is 2.93. The zero-order valence-corrected chi connectivity index (χ0v) is 10.7. The van der Waals surface area contributed by atoms with Crippen LogP contribution in [0.4, 0.5) is 0 Å². The van der Waals surface area contributed by atoms with Crippen molar-refractivity contribution in [1.82, 2.24) is 0 Å². The molecule has 0 unspecified atom stereocenters. The second kappa shape index (κ2) is 3.53. The van der Waals surface area contributed by atoms with Crippen molar-refractivity contribution in [3.05, 3.63) is 21.3 Å². The fourth-order valence-corrected chi connectivity index (χ4v) is 4.02. The molecule has 1 heterocycles. The van der Waals surface area contributed by atoms with Crippen LogP contribution in [0.3, 0.4) is 0 Å². The molecule has 0 saturated carbocycles. The second-order valence-corrected chi connectivity index (χ2v) is 6.62. The number of fused-ring (bicyclic) bond motifs is 1. The van der Waals surface area contributed by atoms with Crippen molar-refractivity contribution in [2.45, 2.75) is 11.3 Å². The molecular formula is C8H6ClIO3S. The van der Waals surface area contributed by atoms with Gasteiger partial charge in [0.15, 0.2) is 0 Å². The maximum absolute atomic E-state index is 11.2. The van der Waals surface area contributed by atoms with Gasteiger partial charge in [0.25, 0.3) is 9.05 Å². The van der Waals surface area contributed by atoms with E-state index in [0.29, 0.717) is 10.2 Å². The van der Waals surface area contributed by atoms with Gasteiger partial charge in [-0.1, -0.05) is 0 Å². The Bertz CT molecular complexity index is 484. The van der Waals surface area contributed by atoms with Crippen LogP contribution in [-0.4, -0.2) is 15.0 Å². The third-order valence-electron chi connectivity index (χ3n) is 2.01. The molecule has 2 rings (SSSR count). The van der Waals surface area contributed by atoms with Crippen LogP contribution in [-0.2, 0) is 15.5 Å². The highest BCUT2D eigenvalue weighted by Gasteiger charge is 2.20. The molecule has 0 spiro atoms. The summed E-state index contributed by atoms with van der Waals surface area (Å²) in [5, 5.41) is 0. The van der Waals surface area contributed by atoms with Crippen molar-refractivity contribution in [3.63, 3.8) is 0 Å². The molecule has 0 fully saturated rings. The molecule has 14 heavy (non-hydrogen) atoms. The molecule has 0 bridgehead atoms. The van der Waals surface area contributed by atoms with Crippen LogP contribution >= 0.6 is 33.3 Å². The van der Waals surface area contributed by atoms with E-state index in [1.807, 2.05) is 22.6 Å². The van der Waals surface area contributed by atoms with Gasteiger partial charge < -0.3 is 4.74 Å². The molecule has 0 amide bonds. The molecule has 1 aromatic rings. The summed E-state index contributed by atoms with van der Waals surface area (Å²) in [6, 6.07) is 3.30. The monoisotopic (exact) mass is 344 g/mol. The molecule has 6 heteroatoms. The SMILES string of the molecule is O=S(=O)(Cl)c1cc2c(cc1I)OCC2. The van der Waals surface area contributed by atoms with Crippen LogP contribution in [0.2, 0.25) is 0 Å². The lowest BCUT2D eigenvalue weighted by Crippen LogP contribution is -1.95. The Balaban J connectivity index is 2.65. The summed E-state index contributed by atoms with van der Waals surface area (Å²) < 4.78 is 28.2. The van der Waals surface area contributed by atoms with Crippen molar-refractivity contribution < 1.29 is 13.2 Å². The van der Waals surface area contributed by atoms with Gasteiger partial charge in [0, 0.05) is 20.7 Å². The molecule has 0 N–H and O–H groups in total. The Kier molecular flexibility index (Phi) is 2.65. The summed E-state index contributed by atoms with van der Waals surface area (Å²) in [7, 11) is 1.65. The summed E-state index contributed by atoms with van der Waals surface area (Å²) in [4.78, 5) is 0.170. The summed E-state index contributed by atoms with van der Waals surface area (Å²) in [6.07, 6.45) is 0.742. The molecule has 0 saturated heterocycles. The molecule has 1 aliphatic rings. The van der Waals surface area contributed by atoms with Crippen molar-refractivity contribution in [2.75, 3.05) is 6.61 Å². The third-order valence-corrected chi connectivity index (χ3v) is 4.63. The van der Waals surface area contributed by atoms with Gasteiger partial charge >= 0.3 is 0 Å². The molecule has 76 valence electrons. The average molecular weight is 345 g/mol. The number of hydrogen-bond donors (Lipinski definition) is 0. The molecule has 0 aromatic heterocycles. The summed E-state index contributed by atoms with van der Waals surface area (Å²) >= 11 is 1.94. The highest BCUT2D eigenvalue weighted by Crippen LogP contribution is 2.32. The lowest BCUT2D eigenvalue weighted by atomic mass is 10.2. The predicted molar refractivity (Wildman–Crippen MR) is 61.4 cm³/mol. The Morgan fingerprint density at radius 3 is 2.79 bits per heavy atom. The maximum atomic E-state index is 11.2. The van der Waals surface area contributed by atoms with Crippen LogP contribution in [0, 0.1) is 3.57 Å². The van der Waals surface area contributed by atoms with Gasteiger partial charge in [0.1, 0.15) is 5.75 Å². The molecule has 1 aromatic carbocycles. The third kappa shape index (κ3) is 1.85. The van der Waals surface area contributed by atoms with Gasteiger partial charge in [-0.3, -0.25) is 0 Å². The Labute approximate surface area is 100.0 Å². The number of rotatable bonds is 1. The average Bonchev–Trinajstić information content (AvgIpc) is 2.47. The van der Waals surface area contributed by atoms with E-state index in [9.17, 15) is 8.42 Å². The van der Waals surface area contributed by atoms with Crippen LogP contribution < -0.4 is 4.74 Å².